The summed E-state index contributed by atoms with van der Waals surface area (Å²) in [6, 6.07) is 20.6. The number of carbonyl (C=O) groups is 1. The van der Waals surface area contributed by atoms with Crippen LogP contribution in [0.4, 0.5) is 0 Å². The molecule has 4 heteroatoms. The Morgan fingerprint density at radius 1 is 1.07 bits per heavy atom. The van der Waals surface area contributed by atoms with E-state index in [2.05, 4.69) is 28.8 Å². The smallest absolute Gasteiger partial charge is 0.307 e. The molecule has 4 nitrogen and oxygen atoms in total. The van der Waals surface area contributed by atoms with Gasteiger partial charge in [-0.1, -0.05) is 54.6 Å². The van der Waals surface area contributed by atoms with Gasteiger partial charge in [-0.3, -0.25) is 4.79 Å². The normalized spacial score (nSPS) is 11.4. The van der Waals surface area contributed by atoms with E-state index >= 15 is 0 Å². The van der Waals surface area contributed by atoms with Crippen molar-refractivity contribution in [1.29, 1.82) is 0 Å². The summed E-state index contributed by atoms with van der Waals surface area (Å²) >= 11 is 0. The molecule has 1 aromatic heterocycles. The van der Waals surface area contributed by atoms with Crippen LogP contribution in [-0.2, 0) is 17.8 Å². The average molecular weight is 387 g/mol. The molecule has 29 heavy (non-hydrogen) atoms. The Kier molecular flexibility index (Phi) is 5.01. The van der Waals surface area contributed by atoms with E-state index < -0.39 is 5.97 Å². The number of carboxylic acid groups (broad SMARTS) is 1. The fourth-order valence-corrected chi connectivity index (χ4v) is 4.08. The average Bonchev–Trinajstić information content (AvgIpc) is 3.00. The van der Waals surface area contributed by atoms with Crippen molar-refractivity contribution in [2.75, 3.05) is 0 Å². The lowest BCUT2D eigenvalue weighted by molar-refractivity contribution is -0.136. The first kappa shape index (κ1) is 19.1. The van der Waals surface area contributed by atoms with Gasteiger partial charge in [0.25, 0.3) is 0 Å². The van der Waals surface area contributed by atoms with Gasteiger partial charge in [0, 0.05) is 28.4 Å². The SMILES string of the molecule is Cc1cc(CC(=O)O)c(OC(C)C)c2c1c1ccccc1n2Cc1ccccc1. The standard InChI is InChI=1S/C25H25NO3/c1-16(2)29-25-19(14-22(27)28)13-17(3)23-20-11-7-8-12-21(20)26(24(23)25)15-18-9-5-4-6-10-18/h4-13,16H,14-15H2,1-3H3,(H,27,28). The fraction of sp³-hybridized carbons (Fsp3) is 0.240. The molecule has 0 aliphatic rings. The van der Waals surface area contributed by atoms with Crippen LogP contribution in [-0.4, -0.2) is 21.7 Å². The van der Waals surface area contributed by atoms with E-state index in [0.717, 1.165) is 27.4 Å². The number of hydrogen-bond donors (Lipinski definition) is 1. The number of benzene rings is 3. The number of aliphatic carboxylic acids is 1. The van der Waals surface area contributed by atoms with Crippen LogP contribution < -0.4 is 4.74 Å². The minimum absolute atomic E-state index is 0.0587. The highest BCUT2D eigenvalue weighted by atomic mass is 16.5. The Bertz CT molecular complexity index is 1190. The quantitative estimate of drug-likeness (QED) is 0.471. The number of fused-ring (bicyclic) bond motifs is 3. The number of aromatic nitrogens is 1. The summed E-state index contributed by atoms with van der Waals surface area (Å²) in [5, 5.41) is 11.8. The van der Waals surface area contributed by atoms with Crippen molar-refractivity contribution >= 4 is 27.8 Å². The van der Waals surface area contributed by atoms with E-state index in [-0.39, 0.29) is 12.5 Å². The molecule has 0 amide bonds. The minimum Gasteiger partial charge on any atom is -0.488 e. The molecule has 0 atom stereocenters. The topological polar surface area (TPSA) is 51.5 Å². The van der Waals surface area contributed by atoms with Crippen molar-refractivity contribution in [3.8, 4) is 5.75 Å². The molecule has 0 aliphatic carbocycles. The summed E-state index contributed by atoms with van der Waals surface area (Å²) < 4.78 is 8.50. The first-order valence-corrected chi connectivity index (χ1v) is 9.91. The second kappa shape index (κ2) is 7.63. The molecular weight excluding hydrogens is 362 g/mol. The zero-order valence-corrected chi connectivity index (χ0v) is 17.0. The van der Waals surface area contributed by atoms with Crippen molar-refractivity contribution in [2.45, 2.75) is 39.8 Å². The molecule has 0 aliphatic heterocycles. The molecule has 4 aromatic rings. The Labute approximate surface area is 170 Å². The summed E-state index contributed by atoms with van der Waals surface area (Å²) in [5.41, 5.74) is 5.06. The Morgan fingerprint density at radius 2 is 1.76 bits per heavy atom. The van der Waals surface area contributed by atoms with Gasteiger partial charge in [0.2, 0.25) is 0 Å². The van der Waals surface area contributed by atoms with Crippen LogP contribution in [0, 0.1) is 6.92 Å². The van der Waals surface area contributed by atoms with Crippen LogP contribution in [0.3, 0.4) is 0 Å². The van der Waals surface area contributed by atoms with Crippen molar-refractivity contribution < 1.29 is 14.6 Å². The summed E-state index contributed by atoms with van der Waals surface area (Å²) in [4.78, 5) is 11.5. The van der Waals surface area contributed by atoms with E-state index in [1.807, 2.05) is 57.2 Å². The largest absolute Gasteiger partial charge is 0.488 e. The molecule has 148 valence electrons. The summed E-state index contributed by atoms with van der Waals surface area (Å²) in [6.45, 7) is 6.68. The number of para-hydroxylation sites is 1. The third kappa shape index (κ3) is 3.58. The van der Waals surface area contributed by atoms with Crippen LogP contribution in [0.5, 0.6) is 5.75 Å². The molecule has 1 heterocycles. The number of aryl methyl sites for hydroxylation is 1. The molecule has 0 bridgehead atoms. The zero-order chi connectivity index (χ0) is 20.5. The third-order valence-corrected chi connectivity index (χ3v) is 5.14. The van der Waals surface area contributed by atoms with Crippen LogP contribution in [0.15, 0.2) is 60.7 Å². The third-order valence-electron chi connectivity index (χ3n) is 5.14. The van der Waals surface area contributed by atoms with Gasteiger partial charge in [-0.15, -0.1) is 0 Å². The predicted octanol–water partition coefficient (Wildman–Crippen LogP) is 5.57. The van der Waals surface area contributed by atoms with Gasteiger partial charge in [-0.2, -0.15) is 0 Å². The van der Waals surface area contributed by atoms with Gasteiger partial charge in [0.1, 0.15) is 5.75 Å². The Morgan fingerprint density at radius 3 is 2.45 bits per heavy atom. The molecule has 4 rings (SSSR count). The van der Waals surface area contributed by atoms with Crippen molar-refractivity contribution in [3.63, 3.8) is 0 Å². The van der Waals surface area contributed by atoms with E-state index in [1.165, 1.54) is 5.56 Å². The maximum Gasteiger partial charge on any atom is 0.307 e. The van der Waals surface area contributed by atoms with Gasteiger partial charge >= 0.3 is 5.97 Å². The molecule has 0 unspecified atom stereocenters. The first-order chi connectivity index (χ1) is 14.0. The molecule has 0 radical (unpaired) electrons. The fourth-order valence-electron chi connectivity index (χ4n) is 4.08. The Balaban J connectivity index is 2.09. The maximum absolute atomic E-state index is 11.5. The first-order valence-electron chi connectivity index (χ1n) is 9.91. The van der Waals surface area contributed by atoms with Crippen molar-refractivity contribution in [2.24, 2.45) is 0 Å². The van der Waals surface area contributed by atoms with Crippen LogP contribution in [0.1, 0.15) is 30.5 Å². The van der Waals surface area contributed by atoms with Gasteiger partial charge in [0.05, 0.1) is 18.0 Å². The second-order valence-electron chi connectivity index (χ2n) is 7.73. The van der Waals surface area contributed by atoms with E-state index in [0.29, 0.717) is 17.9 Å². The highest BCUT2D eigenvalue weighted by Gasteiger charge is 2.22. The van der Waals surface area contributed by atoms with E-state index in [1.54, 1.807) is 0 Å². The highest BCUT2D eigenvalue weighted by molar-refractivity contribution is 6.12. The lowest BCUT2D eigenvalue weighted by Crippen LogP contribution is -2.12. The van der Waals surface area contributed by atoms with Crippen LogP contribution >= 0.6 is 0 Å². The van der Waals surface area contributed by atoms with E-state index in [4.69, 9.17) is 4.74 Å². The second-order valence-corrected chi connectivity index (χ2v) is 7.73. The number of nitrogens with zero attached hydrogens (tertiary/aromatic N) is 1. The number of ether oxygens (including phenoxy) is 1. The monoisotopic (exact) mass is 387 g/mol. The molecule has 0 saturated carbocycles. The van der Waals surface area contributed by atoms with Gasteiger partial charge in [0.15, 0.2) is 0 Å². The summed E-state index contributed by atoms with van der Waals surface area (Å²) in [5.74, 6) is -0.182. The Hall–Kier alpha value is -3.27. The summed E-state index contributed by atoms with van der Waals surface area (Å²) in [6.07, 6.45) is -0.122. The number of rotatable bonds is 6. The maximum atomic E-state index is 11.5. The number of carboxylic acids is 1. The molecule has 1 N–H and O–H groups in total. The van der Waals surface area contributed by atoms with Crippen molar-refractivity contribution in [3.05, 3.63) is 77.4 Å². The van der Waals surface area contributed by atoms with Crippen LogP contribution in [0.25, 0.3) is 21.8 Å². The molecule has 0 spiro atoms. The van der Waals surface area contributed by atoms with Gasteiger partial charge in [-0.25, -0.2) is 0 Å². The van der Waals surface area contributed by atoms with Gasteiger partial charge in [-0.05, 0) is 38.0 Å². The minimum atomic E-state index is -0.858. The molecule has 0 saturated heterocycles. The summed E-state index contributed by atoms with van der Waals surface area (Å²) in [7, 11) is 0. The van der Waals surface area contributed by atoms with Crippen LogP contribution in [0.2, 0.25) is 0 Å². The zero-order valence-electron chi connectivity index (χ0n) is 17.0. The number of hydrogen-bond acceptors (Lipinski definition) is 2. The molecular formula is C25H25NO3. The highest BCUT2D eigenvalue weighted by Crippen LogP contribution is 2.40. The lowest BCUT2D eigenvalue weighted by Gasteiger charge is -2.18. The molecule has 0 fully saturated rings. The lowest BCUT2D eigenvalue weighted by atomic mass is 10.0. The van der Waals surface area contributed by atoms with Gasteiger partial charge < -0.3 is 14.4 Å². The van der Waals surface area contributed by atoms with Crippen molar-refractivity contribution in [1.82, 2.24) is 4.57 Å². The van der Waals surface area contributed by atoms with E-state index in [9.17, 15) is 9.90 Å². The predicted molar refractivity (Wildman–Crippen MR) is 117 cm³/mol. The molecule has 3 aromatic carbocycles.